The molecule has 3 aromatic rings. The Bertz CT molecular complexity index is 967. The first kappa shape index (κ1) is 19.4. The Hall–Kier alpha value is -2.41. The fourth-order valence-corrected chi connectivity index (χ4v) is 3.62. The van der Waals surface area contributed by atoms with Gasteiger partial charge in [0.25, 0.3) is 5.82 Å². The van der Waals surface area contributed by atoms with Gasteiger partial charge in [0.15, 0.2) is 11.0 Å². The Kier molecular flexibility index (Phi) is 6.11. The van der Waals surface area contributed by atoms with Crippen molar-refractivity contribution in [1.29, 1.82) is 0 Å². The van der Waals surface area contributed by atoms with E-state index in [1.54, 1.807) is 0 Å². The van der Waals surface area contributed by atoms with Gasteiger partial charge >= 0.3 is 0 Å². The monoisotopic (exact) mass is 398 g/mol. The quantitative estimate of drug-likeness (QED) is 0.400. The topological polar surface area (TPSA) is 12.1 Å². The molecule has 0 N–H and O–H groups in total. The molecule has 1 heterocycles. The standard InChI is InChI=1S/C22H22Cl2N3/c1-4-13-25(17-10-8-7-9-11-17)14-12-22-26(5-2)20-15-18(23)19(24)16-21(20)27(22)6-3/h1,7-12,14-16H,5-6,13H2,2-3H3/q+1. The molecule has 3 rings (SSSR count). The van der Waals surface area contributed by atoms with Gasteiger partial charge in [-0.05, 0) is 26.0 Å². The molecule has 0 unspecified atom stereocenters. The van der Waals surface area contributed by atoms with E-state index in [9.17, 15) is 0 Å². The van der Waals surface area contributed by atoms with E-state index in [1.807, 2.05) is 48.7 Å². The molecule has 0 atom stereocenters. The molecule has 0 radical (unpaired) electrons. The number of imidazole rings is 1. The van der Waals surface area contributed by atoms with E-state index in [0.29, 0.717) is 16.6 Å². The number of hydrogen-bond donors (Lipinski definition) is 0. The molecule has 0 saturated carbocycles. The van der Waals surface area contributed by atoms with Crippen LogP contribution in [0.15, 0.2) is 48.7 Å². The molecular formula is C22H22Cl2N3+. The zero-order chi connectivity index (χ0) is 19.4. The predicted molar refractivity (Wildman–Crippen MR) is 115 cm³/mol. The van der Waals surface area contributed by atoms with E-state index in [2.05, 4.69) is 39.9 Å². The van der Waals surface area contributed by atoms with Crippen molar-refractivity contribution >= 4 is 46.0 Å². The average Bonchev–Trinajstić information content (AvgIpc) is 2.97. The minimum absolute atomic E-state index is 0.497. The first-order valence-corrected chi connectivity index (χ1v) is 9.70. The predicted octanol–water partition coefficient (Wildman–Crippen LogP) is 5.39. The summed E-state index contributed by atoms with van der Waals surface area (Å²) in [7, 11) is 0. The molecule has 0 spiro atoms. The van der Waals surface area contributed by atoms with Crippen LogP contribution in [0.1, 0.15) is 19.7 Å². The van der Waals surface area contributed by atoms with Crippen molar-refractivity contribution in [3.63, 3.8) is 0 Å². The molecule has 3 nitrogen and oxygen atoms in total. The molecule has 2 aromatic carbocycles. The first-order chi connectivity index (χ1) is 13.1. The molecule has 0 aliphatic rings. The Balaban J connectivity index is 2.12. The van der Waals surface area contributed by atoms with Gasteiger partial charge in [0.1, 0.15) is 0 Å². The van der Waals surface area contributed by atoms with Crippen molar-refractivity contribution in [2.24, 2.45) is 0 Å². The number of halogens is 2. The number of nitrogens with zero attached hydrogens (tertiary/aromatic N) is 3. The van der Waals surface area contributed by atoms with Gasteiger partial charge in [-0.2, -0.15) is 0 Å². The maximum absolute atomic E-state index is 6.27. The second kappa shape index (κ2) is 8.52. The fourth-order valence-electron chi connectivity index (χ4n) is 3.30. The summed E-state index contributed by atoms with van der Waals surface area (Å²) in [6.07, 6.45) is 9.71. The van der Waals surface area contributed by atoms with Gasteiger partial charge in [-0.3, -0.25) is 0 Å². The van der Waals surface area contributed by atoms with Crippen LogP contribution in [0.2, 0.25) is 10.0 Å². The first-order valence-electron chi connectivity index (χ1n) is 8.95. The maximum Gasteiger partial charge on any atom is 0.283 e. The summed E-state index contributed by atoms with van der Waals surface area (Å²) in [5.74, 6) is 3.80. The number of hydrogen-bond acceptors (Lipinski definition) is 1. The third-order valence-electron chi connectivity index (χ3n) is 4.54. The zero-order valence-electron chi connectivity index (χ0n) is 15.5. The van der Waals surface area contributed by atoms with E-state index < -0.39 is 0 Å². The fraction of sp³-hybridized carbons (Fsp3) is 0.227. The highest BCUT2D eigenvalue weighted by atomic mass is 35.5. The highest BCUT2D eigenvalue weighted by Gasteiger charge is 2.23. The number of fused-ring (bicyclic) bond motifs is 1. The molecule has 0 fully saturated rings. The number of rotatable bonds is 6. The number of aromatic nitrogens is 2. The van der Waals surface area contributed by atoms with Crippen LogP contribution < -0.4 is 9.47 Å². The van der Waals surface area contributed by atoms with Crippen molar-refractivity contribution in [1.82, 2.24) is 4.57 Å². The van der Waals surface area contributed by atoms with Crippen molar-refractivity contribution in [2.45, 2.75) is 26.9 Å². The van der Waals surface area contributed by atoms with E-state index in [4.69, 9.17) is 29.6 Å². The summed E-state index contributed by atoms with van der Waals surface area (Å²) in [5.41, 5.74) is 3.19. The summed E-state index contributed by atoms with van der Waals surface area (Å²) < 4.78 is 4.47. The van der Waals surface area contributed by atoms with Gasteiger partial charge in [-0.1, -0.05) is 47.3 Å². The molecule has 0 aliphatic carbocycles. The van der Waals surface area contributed by atoms with Crippen molar-refractivity contribution in [3.05, 3.63) is 64.5 Å². The Morgan fingerprint density at radius 1 is 1.15 bits per heavy atom. The number of terminal acetylenes is 1. The summed E-state index contributed by atoms with van der Waals surface area (Å²) in [6.45, 7) is 6.38. The summed E-state index contributed by atoms with van der Waals surface area (Å²) in [4.78, 5) is 2.05. The Labute approximate surface area is 170 Å². The van der Waals surface area contributed by atoms with Gasteiger partial charge in [0.2, 0.25) is 0 Å². The molecule has 0 amide bonds. The van der Waals surface area contributed by atoms with Crippen molar-refractivity contribution in [2.75, 3.05) is 11.4 Å². The highest BCUT2D eigenvalue weighted by Crippen LogP contribution is 2.28. The van der Waals surface area contributed by atoms with Crippen LogP contribution in [-0.2, 0) is 13.1 Å². The van der Waals surface area contributed by atoms with Crippen LogP contribution in [0.5, 0.6) is 0 Å². The van der Waals surface area contributed by atoms with E-state index in [1.165, 1.54) is 0 Å². The minimum Gasteiger partial charge on any atom is -0.336 e. The van der Waals surface area contributed by atoms with Crippen molar-refractivity contribution < 1.29 is 4.57 Å². The molecule has 0 bridgehead atoms. The summed E-state index contributed by atoms with van der Waals surface area (Å²) >= 11 is 12.5. The molecule has 5 heteroatoms. The van der Waals surface area contributed by atoms with Gasteiger partial charge in [0.05, 0.1) is 29.7 Å². The third-order valence-corrected chi connectivity index (χ3v) is 5.26. The lowest BCUT2D eigenvalue weighted by Gasteiger charge is -2.17. The van der Waals surface area contributed by atoms with Gasteiger partial charge in [-0.25, -0.2) is 9.13 Å². The molecule has 1 aromatic heterocycles. The van der Waals surface area contributed by atoms with E-state index in [-0.39, 0.29) is 0 Å². The number of para-hydroxylation sites is 1. The van der Waals surface area contributed by atoms with Gasteiger partial charge in [-0.15, -0.1) is 6.42 Å². The molecule has 138 valence electrons. The van der Waals surface area contributed by atoms with Crippen LogP contribution in [0.25, 0.3) is 17.1 Å². The lowest BCUT2D eigenvalue weighted by Crippen LogP contribution is -2.35. The normalized spacial score (nSPS) is 11.2. The van der Waals surface area contributed by atoms with Crippen molar-refractivity contribution in [3.8, 4) is 12.3 Å². The smallest absolute Gasteiger partial charge is 0.283 e. The Morgan fingerprint density at radius 3 is 2.48 bits per heavy atom. The van der Waals surface area contributed by atoms with Gasteiger partial charge < -0.3 is 4.90 Å². The third kappa shape index (κ3) is 3.83. The molecule has 27 heavy (non-hydrogen) atoms. The number of anilines is 1. The molecular weight excluding hydrogens is 377 g/mol. The lowest BCUT2D eigenvalue weighted by molar-refractivity contribution is -0.670. The van der Waals surface area contributed by atoms with Gasteiger partial charge in [0, 0.05) is 30.1 Å². The van der Waals surface area contributed by atoms with E-state index in [0.717, 1.165) is 35.6 Å². The summed E-state index contributed by atoms with van der Waals surface area (Å²) in [5, 5.41) is 1.13. The van der Waals surface area contributed by atoms with Crippen LogP contribution in [0, 0.1) is 12.3 Å². The zero-order valence-corrected chi connectivity index (χ0v) is 17.0. The minimum atomic E-state index is 0.497. The SMILES string of the molecule is C#CCN(/C=C/c1n(CC)c2cc(Cl)c(Cl)cc2[n+]1CC)c1ccccc1. The van der Waals surface area contributed by atoms with Crippen LogP contribution in [0.3, 0.4) is 0 Å². The second-order valence-corrected chi connectivity index (χ2v) is 6.90. The largest absolute Gasteiger partial charge is 0.336 e. The maximum atomic E-state index is 6.27. The summed E-state index contributed by atoms with van der Waals surface area (Å²) in [6, 6.07) is 14.0. The highest BCUT2D eigenvalue weighted by molar-refractivity contribution is 6.42. The second-order valence-electron chi connectivity index (χ2n) is 6.09. The van der Waals surface area contributed by atoms with Crippen LogP contribution in [0.4, 0.5) is 5.69 Å². The average molecular weight is 399 g/mol. The number of aryl methyl sites for hydroxylation is 2. The van der Waals surface area contributed by atoms with Crippen LogP contribution in [-0.4, -0.2) is 11.1 Å². The Morgan fingerprint density at radius 2 is 1.85 bits per heavy atom. The molecule has 0 saturated heterocycles. The molecule has 0 aliphatic heterocycles. The van der Waals surface area contributed by atoms with E-state index >= 15 is 0 Å². The number of benzene rings is 2. The van der Waals surface area contributed by atoms with Crippen LogP contribution >= 0.6 is 23.2 Å². The lowest BCUT2D eigenvalue weighted by atomic mass is 10.3.